The first-order chi connectivity index (χ1) is 27.4. The van der Waals surface area contributed by atoms with Crippen LogP contribution in [0.15, 0.2) is 194 Å². The minimum atomic E-state index is -0.514. The fraction of sp³-hybridized carbons (Fsp3) is 0.127. The molecule has 0 heterocycles. The molecule has 0 saturated carbocycles. The number of fused-ring (bicyclic) bond motifs is 6. The SMILES string of the molecule is CC(C)c1cc(N(c2ccc3c(c2)C(C)(C)c2ccccc2-3)c2ccccc2-c2ccccc2)cc(C2(c3ccccc3)c3ccccc3-c3ccccc32)c1. The first-order valence-corrected chi connectivity index (χ1v) is 20.0. The van der Waals surface area contributed by atoms with Crippen LogP contribution in [-0.4, -0.2) is 0 Å². The summed E-state index contributed by atoms with van der Waals surface area (Å²) >= 11 is 0. The van der Waals surface area contributed by atoms with Crippen LogP contribution in [0.25, 0.3) is 33.4 Å². The van der Waals surface area contributed by atoms with Gasteiger partial charge in [-0.25, -0.2) is 0 Å². The molecule has 8 aromatic carbocycles. The largest absolute Gasteiger partial charge is 0.310 e. The Kier molecular flexibility index (Phi) is 7.97. The van der Waals surface area contributed by atoms with Crippen molar-refractivity contribution in [3.63, 3.8) is 0 Å². The molecule has 0 bridgehead atoms. The van der Waals surface area contributed by atoms with E-state index in [1.54, 1.807) is 0 Å². The van der Waals surface area contributed by atoms with Crippen LogP contribution in [0.4, 0.5) is 17.1 Å². The molecule has 1 nitrogen and oxygen atoms in total. The Hall–Kier alpha value is -6.44. The van der Waals surface area contributed by atoms with E-state index in [4.69, 9.17) is 0 Å². The van der Waals surface area contributed by atoms with Crippen LogP contribution >= 0.6 is 0 Å². The summed E-state index contributed by atoms with van der Waals surface area (Å²) in [6.07, 6.45) is 0. The molecular formula is C55H45N. The van der Waals surface area contributed by atoms with Gasteiger partial charge >= 0.3 is 0 Å². The van der Waals surface area contributed by atoms with Gasteiger partial charge in [-0.05, 0) is 103 Å². The van der Waals surface area contributed by atoms with Crippen molar-refractivity contribution in [2.45, 2.75) is 44.4 Å². The third-order valence-corrected chi connectivity index (χ3v) is 12.5. The molecule has 56 heavy (non-hydrogen) atoms. The summed E-state index contributed by atoms with van der Waals surface area (Å²) in [6, 6.07) is 72.5. The number of para-hydroxylation sites is 1. The van der Waals surface area contributed by atoms with Crippen molar-refractivity contribution in [3.05, 3.63) is 233 Å². The molecule has 0 amide bonds. The first kappa shape index (κ1) is 34.1. The van der Waals surface area contributed by atoms with Crippen LogP contribution in [-0.2, 0) is 10.8 Å². The molecule has 2 aliphatic rings. The summed E-state index contributed by atoms with van der Waals surface area (Å²) in [4.78, 5) is 2.53. The number of rotatable bonds is 7. The highest BCUT2D eigenvalue weighted by atomic mass is 15.1. The van der Waals surface area contributed by atoms with Crippen LogP contribution in [0.2, 0.25) is 0 Å². The predicted octanol–water partition coefficient (Wildman–Crippen LogP) is 14.6. The van der Waals surface area contributed by atoms with E-state index in [2.05, 4.69) is 227 Å². The van der Waals surface area contributed by atoms with Crippen molar-refractivity contribution < 1.29 is 0 Å². The molecule has 2 aliphatic carbocycles. The number of hydrogen-bond acceptors (Lipinski definition) is 1. The Morgan fingerprint density at radius 3 is 1.55 bits per heavy atom. The zero-order chi connectivity index (χ0) is 38.0. The van der Waals surface area contributed by atoms with Gasteiger partial charge in [0.15, 0.2) is 0 Å². The Labute approximate surface area is 331 Å². The van der Waals surface area contributed by atoms with Crippen molar-refractivity contribution in [1.82, 2.24) is 0 Å². The van der Waals surface area contributed by atoms with Crippen molar-refractivity contribution in [2.24, 2.45) is 0 Å². The van der Waals surface area contributed by atoms with Crippen LogP contribution in [0.5, 0.6) is 0 Å². The predicted molar refractivity (Wildman–Crippen MR) is 236 cm³/mol. The molecule has 10 rings (SSSR count). The Morgan fingerprint density at radius 2 is 0.911 bits per heavy atom. The monoisotopic (exact) mass is 719 g/mol. The van der Waals surface area contributed by atoms with Gasteiger partial charge in [0, 0.05) is 22.4 Å². The topological polar surface area (TPSA) is 3.24 Å². The third kappa shape index (κ3) is 5.07. The molecule has 0 atom stereocenters. The zero-order valence-corrected chi connectivity index (χ0v) is 32.5. The van der Waals surface area contributed by atoms with Gasteiger partial charge in [-0.15, -0.1) is 0 Å². The average Bonchev–Trinajstić information content (AvgIpc) is 3.67. The highest BCUT2D eigenvalue weighted by molar-refractivity contribution is 5.92. The molecule has 0 spiro atoms. The Bertz CT molecular complexity index is 2710. The Morgan fingerprint density at radius 1 is 0.393 bits per heavy atom. The van der Waals surface area contributed by atoms with Gasteiger partial charge in [0.1, 0.15) is 0 Å². The van der Waals surface area contributed by atoms with E-state index in [-0.39, 0.29) is 5.41 Å². The van der Waals surface area contributed by atoms with Crippen molar-refractivity contribution in [2.75, 3.05) is 4.90 Å². The summed E-state index contributed by atoms with van der Waals surface area (Å²) in [5, 5.41) is 0. The summed E-state index contributed by atoms with van der Waals surface area (Å²) in [6.45, 7) is 9.40. The highest BCUT2D eigenvalue weighted by Crippen LogP contribution is 2.57. The molecule has 0 aliphatic heterocycles. The van der Waals surface area contributed by atoms with Crippen molar-refractivity contribution in [3.8, 4) is 33.4 Å². The smallest absolute Gasteiger partial charge is 0.0714 e. The van der Waals surface area contributed by atoms with E-state index in [0.29, 0.717) is 5.92 Å². The number of anilines is 3. The first-order valence-electron chi connectivity index (χ1n) is 20.0. The highest BCUT2D eigenvalue weighted by Gasteiger charge is 2.46. The standard InChI is InChI=1S/C55H45N/c1-37(2)39-33-41(55(40-21-9-6-10-22-40)50-28-16-12-25-46(50)47-26-13-17-29-51(47)55)35-43(34-39)56(53-30-18-14-23-44(53)38-19-7-5-8-20-38)42-31-32-48-45-24-11-15-27-49(45)54(3,4)52(48)36-42/h5-37H,1-4H3. The zero-order valence-electron chi connectivity index (χ0n) is 32.5. The van der Waals surface area contributed by atoms with Crippen LogP contribution in [0.1, 0.15) is 72.6 Å². The van der Waals surface area contributed by atoms with E-state index in [1.807, 2.05) is 0 Å². The second kappa shape index (κ2) is 13.1. The minimum Gasteiger partial charge on any atom is -0.310 e. The molecule has 0 unspecified atom stereocenters. The second-order valence-electron chi connectivity index (χ2n) is 16.3. The van der Waals surface area contributed by atoms with Gasteiger partial charge in [-0.1, -0.05) is 191 Å². The lowest BCUT2D eigenvalue weighted by atomic mass is 9.67. The average molecular weight is 720 g/mol. The maximum atomic E-state index is 2.53. The second-order valence-corrected chi connectivity index (χ2v) is 16.3. The number of benzene rings is 8. The lowest BCUT2D eigenvalue weighted by Gasteiger charge is -2.36. The molecular weight excluding hydrogens is 675 g/mol. The number of hydrogen-bond donors (Lipinski definition) is 0. The molecule has 0 aromatic heterocycles. The van der Waals surface area contributed by atoms with Crippen LogP contribution in [0.3, 0.4) is 0 Å². The van der Waals surface area contributed by atoms with Gasteiger partial charge in [-0.3, -0.25) is 0 Å². The maximum absolute atomic E-state index is 2.53. The summed E-state index contributed by atoms with van der Waals surface area (Å²) in [7, 11) is 0. The molecule has 270 valence electrons. The molecule has 0 radical (unpaired) electrons. The van der Waals surface area contributed by atoms with E-state index in [9.17, 15) is 0 Å². The fourth-order valence-electron chi connectivity index (χ4n) is 9.81. The molecule has 0 saturated heterocycles. The fourth-order valence-corrected chi connectivity index (χ4v) is 9.81. The van der Waals surface area contributed by atoms with E-state index >= 15 is 0 Å². The Balaban J connectivity index is 1.29. The van der Waals surface area contributed by atoms with Gasteiger partial charge < -0.3 is 4.90 Å². The lowest BCUT2D eigenvalue weighted by molar-refractivity contribution is 0.660. The van der Waals surface area contributed by atoms with Crippen LogP contribution in [0, 0.1) is 0 Å². The van der Waals surface area contributed by atoms with Crippen LogP contribution < -0.4 is 4.90 Å². The summed E-state index contributed by atoms with van der Waals surface area (Å²) in [5.41, 5.74) is 19.7. The van der Waals surface area contributed by atoms with Crippen molar-refractivity contribution in [1.29, 1.82) is 0 Å². The quantitative estimate of drug-likeness (QED) is 0.159. The maximum Gasteiger partial charge on any atom is 0.0714 e. The number of nitrogens with zero attached hydrogens (tertiary/aromatic N) is 1. The normalized spacial score (nSPS) is 14.2. The van der Waals surface area contributed by atoms with E-state index in [0.717, 1.165) is 17.1 Å². The van der Waals surface area contributed by atoms with Gasteiger partial charge in [0.25, 0.3) is 0 Å². The van der Waals surface area contributed by atoms with Gasteiger partial charge in [0.2, 0.25) is 0 Å². The van der Waals surface area contributed by atoms with Gasteiger partial charge in [0.05, 0.1) is 11.1 Å². The molecule has 8 aromatic rings. The molecule has 0 N–H and O–H groups in total. The van der Waals surface area contributed by atoms with Gasteiger partial charge in [-0.2, -0.15) is 0 Å². The summed E-state index contributed by atoms with van der Waals surface area (Å²) in [5.74, 6) is 0.299. The molecule has 1 heteroatoms. The minimum absolute atomic E-state index is 0.133. The van der Waals surface area contributed by atoms with E-state index in [1.165, 1.54) is 72.3 Å². The van der Waals surface area contributed by atoms with E-state index < -0.39 is 5.41 Å². The third-order valence-electron chi connectivity index (χ3n) is 12.5. The molecule has 0 fully saturated rings. The summed E-state index contributed by atoms with van der Waals surface area (Å²) < 4.78 is 0. The van der Waals surface area contributed by atoms with Crippen molar-refractivity contribution >= 4 is 17.1 Å². The lowest BCUT2D eigenvalue weighted by Crippen LogP contribution is -2.29.